The fraction of sp³-hybridized carbons (Fsp3) is 0.714. The average Bonchev–Trinajstić information content (AvgIpc) is 2.68. The number of hydrogen-bond donors (Lipinski definition) is 2. The molecule has 5 heteroatoms. The molecule has 0 saturated heterocycles. The monoisotopic (exact) mass is 267 g/mol. The lowest BCUT2D eigenvalue weighted by Crippen LogP contribution is -2.39. The lowest BCUT2D eigenvalue weighted by Gasteiger charge is -2.29. The van der Waals surface area contributed by atoms with Gasteiger partial charge in [-0.05, 0) is 18.3 Å². The topological polar surface area (TPSA) is 67.2 Å². The van der Waals surface area contributed by atoms with Crippen molar-refractivity contribution in [2.45, 2.75) is 48.0 Å². The lowest BCUT2D eigenvalue weighted by molar-refractivity contribution is 0.223. The third-order valence-electron chi connectivity index (χ3n) is 3.76. The first-order valence-corrected chi connectivity index (χ1v) is 6.78. The summed E-state index contributed by atoms with van der Waals surface area (Å²) >= 11 is 0. The van der Waals surface area contributed by atoms with Gasteiger partial charge in [0.1, 0.15) is 11.4 Å². The molecule has 0 spiro atoms. The van der Waals surface area contributed by atoms with Crippen LogP contribution in [0.4, 0.5) is 10.5 Å². The van der Waals surface area contributed by atoms with Crippen molar-refractivity contribution in [2.24, 2.45) is 11.3 Å². The Balaban J connectivity index is 2.59. The molecule has 0 unspecified atom stereocenters. The molecule has 0 aromatic carbocycles. The van der Waals surface area contributed by atoms with Crippen LogP contribution in [0.2, 0.25) is 0 Å². The van der Waals surface area contributed by atoms with E-state index >= 15 is 0 Å². The van der Waals surface area contributed by atoms with Crippen LogP contribution in [0.15, 0.2) is 4.52 Å². The van der Waals surface area contributed by atoms with Crippen molar-refractivity contribution in [1.82, 2.24) is 10.5 Å². The van der Waals surface area contributed by atoms with Crippen LogP contribution in [0, 0.1) is 18.3 Å². The molecular weight excluding hydrogens is 242 g/mol. The van der Waals surface area contributed by atoms with Gasteiger partial charge < -0.3 is 15.2 Å². The number of aromatic nitrogens is 1. The first-order valence-electron chi connectivity index (χ1n) is 6.78. The number of nitrogens with zero attached hydrogens (tertiary/aromatic N) is 1. The standard InChI is InChI=1S/C14H25N3O2/c1-7-11-12(10(4)17-19-11)16-13(18)15-8-14(5,6)9(2)3/h9H,7-8H2,1-6H3,(H2,15,16,18). The zero-order valence-corrected chi connectivity index (χ0v) is 12.8. The quantitative estimate of drug-likeness (QED) is 0.859. The third-order valence-corrected chi connectivity index (χ3v) is 3.76. The molecule has 0 radical (unpaired) electrons. The first-order chi connectivity index (χ1) is 8.77. The summed E-state index contributed by atoms with van der Waals surface area (Å²) in [6, 6.07) is -0.213. The number of amides is 2. The van der Waals surface area contributed by atoms with E-state index in [-0.39, 0.29) is 11.4 Å². The molecule has 108 valence electrons. The van der Waals surface area contributed by atoms with Gasteiger partial charge in [0, 0.05) is 13.0 Å². The van der Waals surface area contributed by atoms with E-state index < -0.39 is 0 Å². The van der Waals surface area contributed by atoms with Gasteiger partial charge in [-0.25, -0.2) is 4.79 Å². The molecule has 19 heavy (non-hydrogen) atoms. The second-order valence-electron chi connectivity index (χ2n) is 5.87. The summed E-state index contributed by atoms with van der Waals surface area (Å²) in [5.74, 6) is 1.20. The van der Waals surface area contributed by atoms with Crippen LogP contribution < -0.4 is 10.6 Å². The predicted octanol–water partition coefficient (Wildman–Crippen LogP) is 3.35. The molecule has 0 bridgehead atoms. The van der Waals surface area contributed by atoms with Crippen LogP contribution in [0.5, 0.6) is 0 Å². The molecule has 0 atom stereocenters. The summed E-state index contributed by atoms with van der Waals surface area (Å²) in [5.41, 5.74) is 1.45. The molecule has 1 heterocycles. The Morgan fingerprint density at radius 3 is 2.58 bits per heavy atom. The summed E-state index contributed by atoms with van der Waals surface area (Å²) in [4.78, 5) is 11.9. The molecule has 1 rings (SSSR count). The average molecular weight is 267 g/mol. The predicted molar refractivity (Wildman–Crippen MR) is 76.3 cm³/mol. The number of hydrogen-bond acceptors (Lipinski definition) is 3. The molecule has 1 aromatic heterocycles. The fourth-order valence-corrected chi connectivity index (χ4v) is 1.49. The normalized spacial score (nSPS) is 11.7. The lowest BCUT2D eigenvalue weighted by atomic mass is 9.81. The highest BCUT2D eigenvalue weighted by molar-refractivity contribution is 5.90. The third kappa shape index (κ3) is 3.98. The highest BCUT2D eigenvalue weighted by Gasteiger charge is 2.23. The number of carbonyl (C=O) groups excluding carboxylic acids is 1. The molecule has 5 nitrogen and oxygen atoms in total. The number of anilines is 1. The van der Waals surface area contributed by atoms with Crippen LogP contribution in [-0.2, 0) is 6.42 Å². The molecule has 2 amide bonds. The van der Waals surface area contributed by atoms with Crippen molar-refractivity contribution in [1.29, 1.82) is 0 Å². The van der Waals surface area contributed by atoms with E-state index in [2.05, 4.69) is 43.5 Å². The van der Waals surface area contributed by atoms with E-state index in [4.69, 9.17) is 4.52 Å². The number of nitrogens with one attached hydrogen (secondary N) is 2. The van der Waals surface area contributed by atoms with Crippen molar-refractivity contribution in [3.05, 3.63) is 11.5 Å². The van der Waals surface area contributed by atoms with Crippen molar-refractivity contribution in [3.63, 3.8) is 0 Å². The van der Waals surface area contributed by atoms with Gasteiger partial charge in [-0.2, -0.15) is 0 Å². The Kier molecular flexibility index (Phi) is 4.97. The number of carbonyl (C=O) groups is 1. The van der Waals surface area contributed by atoms with Gasteiger partial charge in [0.15, 0.2) is 5.76 Å². The maximum absolute atomic E-state index is 11.9. The maximum Gasteiger partial charge on any atom is 0.319 e. The summed E-state index contributed by atoms with van der Waals surface area (Å²) < 4.78 is 5.14. The smallest absolute Gasteiger partial charge is 0.319 e. The molecule has 1 aromatic rings. The highest BCUT2D eigenvalue weighted by atomic mass is 16.5. The van der Waals surface area contributed by atoms with Gasteiger partial charge in [-0.3, -0.25) is 0 Å². The van der Waals surface area contributed by atoms with E-state index in [1.807, 2.05) is 13.8 Å². The van der Waals surface area contributed by atoms with Crippen molar-refractivity contribution in [3.8, 4) is 0 Å². The summed E-state index contributed by atoms with van der Waals surface area (Å²) in [6.07, 6.45) is 0.702. The molecule has 0 fully saturated rings. The van der Waals surface area contributed by atoms with Crippen molar-refractivity contribution >= 4 is 11.7 Å². The van der Waals surface area contributed by atoms with E-state index in [1.165, 1.54) is 0 Å². The highest BCUT2D eigenvalue weighted by Crippen LogP contribution is 2.25. The Morgan fingerprint density at radius 1 is 1.42 bits per heavy atom. The van der Waals surface area contributed by atoms with Gasteiger partial charge >= 0.3 is 6.03 Å². The van der Waals surface area contributed by atoms with Crippen LogP contribution >= 0.6 is 0 Å². The van der Waals surface area contributed by atoms with Crippen LogP contribution in [-0.4, -0.2) is 17.7 Å². The van der Waals surface area contributed by atoms with Crippen LogP contribution in [0.25, 0.3) is 0 Å². The van der Waals surface area contributed by atoms with Gasteiger partial charge in [0.05, 0.1) is 0 Å². The molecular formula is C14H25N3O2. The molecule has 0 aliphatic rings. The molecule has 2 N–H and O–H groups in total. The summed E-state index contributed by atoms with van der Waals surface area (Å²) in [7, 11) is 0. The van der Waals surface area contributed by atoms with E-state index in [0.717, 1.165) is 0 Å². The molecule has 0 aliphatic carbocycles. The van der Waals surface area contributed by atoms with E-state index in [1.54, 1.807) is 0 Å². The second-order valence-corrected chi connectivity index (χ2v) is 5.87. The van der Waals surface area contributed by atoms with Crippen LogP contribution in [0.1, 0.15) is 46.1 Å². The van der Waals surface area contributed by atoms with E-state index in [0.29, 0.717) is 36.0 Å². The largest absolute Gasteiger partial charge is 0.359 e. The zero-order valence-electron chi connectivity index (χ0n) is 12.8. The van der Waals surface area contributed by atoms with Gasteiger partial charge in [-0.15, -0.1) is 0 Å². The van der Waals surface area contributed by atoms with Crippen molar-refractivity contribution in [2.75, 3.05) is 11.9 Å². The second kappa shape index (κ2) is 6.08. The van der Waals surface area contributed by atoms with Gasteiger partial charge in [-0.1, -0.05) is 39.8 Å². The Labute approximate surface area is 115 Å². The minimum atomic E-state index is -0.213. The zero-order chi connectivity index (χ0) is 14.6. The Morgan fingerprint density at radius 2 is 2.05 bits per heavy atom. The Hall–Kier alpha value is -1.52. The summed E-state index contributed by atoms with van der Waals surface area (Å²) in [5, 5.41) is 9.58. The summed E-state index contributed by atoms with van der Waals surface area (Å²) in [6.45, 7) is 13.0. The Bertz CT molecular complexity index is 436. The molecule has 0 saturated carbocycles. The molecule has 0 aliphatic heterocycles. The number of urea groups is 1. The van der Waals surface area contributed by atoms with Crippen LogP contribution in [0.3, 0.4) is 0 Å². The van der Waals surface area contributed by atoms with E-state index in [9.17, 15) is 4.79 Å². The minimum absolute atomic E-state index is 0.0641. The maximum atomic E-state index is 11.9. The van der Waals surface area contributed by atoms with Gasteiger partial charge in [0.25, 0.3) is 0 Å². The van der Waals surface area contributed by atoms with Crippen molar-refractivity contribution < 1.29 is 9.32 Å². The van der Waals surface area contributed by atoms with Gasteiger partial charge in [0.2, 0.25) is 0 Å². The number of rotatable bonds is 5. The first kappa shape index (κ1) is 15.5. The minimum Gasteiger partial charge on any atom is -0.359 e. The fourth-order valence-electron chi connectivity index (χ4n) is 1.49. The SMILES string of the molecule is CCc1onc(C)c1NC(=O)NCC(C)(C)C(C)C. The number of aryl methyl sites for hydroxylation is 2.